The van der Waals surface area contributed by atoms with E-state index in [1.165, 1.54) is 6.92 Å². The van der Waals surface area contributed by atoms with Crippen LogP contribution in [-0.4, -0.2) is 36.2 Å². The van der Waals surface area contributed by atoms with Crippen LogP contribution in [-0.2, 0) is 10.0 Å². The van der Waals surface area contributed by atoms with Crippen LogP contribution in [0.25, 0.3) is 0 Å². The fraction of sp³-hybridized carbons (Fsp3) is 0.333. The first kappa shape index (κ1) is 14.4. The maximum absolute atomic E-state index is 11.8. The van der Waals surface area contributed by atoms with Gasteiger partial charge in [0.05, 0.1) is 16.4 Å². The third-order valence-electron chi connectivity index (χ3n) is 2.08. The number of aliphatic hydroxyl groups is 1. The predicted octanol–water partition coefficient (Wildman–Crippen LogP) is -0.0405. The zero-order chi connectivity index (χ0) is 13.9. The third-order valence-corrected chi connectivity index (χ3v) is 3.67. The zero-order valence-corrected chi connectivity index (χ0v) is 10.2. The Morgan fingerprint density at radius 1 is 1.50 bits per heavy atom. The van der Waals surface area contributed by atoms with Crippen molar-refractivity contribution >= 4 is 15.7 Å². The number of hydrogen-bond donors (Lipinski definition) is 3. The van der Waals surface area contributed by atoms with Crippen LogP contribution in [0.2, 0.25) is 0 Å². The lowest BCUT2D eigenvalue weighted by molar-refractivity contribution is -0.386. The summed E-state index contributed by atoms with van der Waals surface area (Å²) in [5.74, 6) is -0.617. The van der Waals surface area contributed by atoms with E-state index in [0.717, 1.165) is 18.2 Å². The number of aliphatic hydroxyl groups excluding tert-OH is 1. The van der Waals surface area contributed by atoms with Gasteiger partial charge in [0.1, 0.15) is 0 Å². The molecule has 0 saturated carbocycles. The number of aromatic hydroxyl groups is 1. The molecule has 1 rings (SSSR count). The molecular weight excluding hydrogens is 264 g/mol. The van der Waals surface area contributed by atoms with Crippen LogP contribution in [0.3, 0.4) is 0 Å². The van der Waals surface area contributed by atoms with E-state index in [-0.39, 0.29) is 4.90 Å². The van der Waals surface area contributed by atoms with Crippen molar-refractivity contribution in [1.29, 1.82) is 0 Å². The second kappa shape index (κ2) is 5.29. The molecule has 0 aliphatic carbocycles. The molecule has 100 valence electrons. The van der Waals surface area contributed by atoms with Gasteiger partial charge < -0.3 is 10.2 Å². The molecular formula is C9H12N2O6S. The standard InChI is InChI=1S/C9H12N2O6S/c1-6(5-12)10-18(16,17)7-2-3-9(13)8(4-7)11(14)15/h2-4,6,10,12-13H,5H2,1H3. The van der Waals surface area contributed by atoms with Gasteiger partial charge in [-0.1, -0.05) is 0 Å². The highest BCUT2D eigenvalue weighted by atomic mass is 32.2. The van der Waals surface area contributed by atoms with Gasteiger partial charge in [-0.05, 0) is 19.1 Å². The van der Waals surface area contributed by atoms with Gasteiger partial charge in [-0.25, -0.2) is 13.1 Å². The number of hydrogen-bond acceptors (Lipinski definition) is 6. The van der Waals surface area contributed by atoms with Gasteiger partial charge in [-0.3, -0.25) is 10.1 Å². The minimum Gasteiger partial charge on any atom is -0.502 e. The van der Waals surface area contributed by atoms with Gasteiger partial charge in [0.15, 0.2) is 5.75 Å². The fourth-order valence-corrected chi connectivity index (χ4v) is 2.44. The largest absolute Gasteiger partial charge is 0.502 e. The van der Waals surface area contributed by atoms with Gasteiger partial charge >= 0.3 is 5.69 Å². The molecule has 1 atom stereocenters. The first-order chi connectivity index (χ1) is 8.27. The van der Waals surface area contributed by atoms with Crippen molar-refractivity contribution in [2.24, 2.45) is 0 Å². The molecule has 0 bridgehead atoms. The summed E-state index contributed by atoms with van der Waals surface area (Å²) in [5, 5.41) is 28.5. The molecule has 0 saturated heterocycles. The van der Waals surface area contributed by atoms with E-state index in [2.05, 4.69) is 4.72 Å². The number of nitro groups is 1. The SMILES string of the molecule is CC(CO)NS(=O)(=O)c1ccc(O)c([N+](=O)[O-])c1. The van der Waals surface area contributed by atoms with E-state index >= 15 is 0 Å². The summed E-state index contributed by atoms with van der Waals surface area (Å²) in [6, 6.07) is 2.00. The van der Waals surface area contributed by atoms with Crippen molar-refractivity contribution in [3.8, 4) is 5.75 Å². The average Bonchev–Trinajstić information content (AvgIpc) is 2.28. The van der Waals surface area contributed by atoms with Crippen LogP contribution in [0.5, 0.6) is 5.75 Å². The molecule has 0 heterocycles. The van der Waals surface area contributed by atoms with E-state index in [1.807, 2.05) is 0 Å². The Hall–Kier alpha value is -1.71. The lowest BCUT2D eigenvalue weighted by atomic mass is 10.3. The summed E-state index contributed by atoms with van der Waals surface area (Å²) in [4.78, 5) is 9.33. The molecule has 8 nitrogen and oxygen atoms in total. The zero-order valence-electron chi connectivity index (χ0n) is 9.40. The molecule has 0 amide bonds. The number of rotatable bonds is 5. The van der Waals surface area contributed by atoms with Crippen molar-refractivity contribution < 1.29 is 23.6 Å². The molecule has 0 fully saturated rings. The molecule has 0 aromatic heterocycles. The van der Waals surface area contributed by atoms with Gasteiger partial charge in [0, 0.05) is 12.1 Å². The Labute approximate surface area is 103 Å². The second-order valence-corrected chi connectivity index (χ2v) is 5.33. The Balaban J connectivity index is 3.18. The molecule has 1 unspecified atom stereocenters. The molecule has 9 heteroatoms. The Kier molecular flexibility index (Phi) is 4.22. The molecule has 0 radical (unpaired) electrons. The van der Waals surface area contributed by atoms with E-state index in [0.29, 0.717) is 0 Å². The molecule has 0 spiro atoms. The number of nitrogens with one attached hydrogen (secondary N) is 1. The highest BCUT2D eigenvalue weighted by Crippen LogP contribution is 2.28. The maximum Gasteiger partial charge on any atom is 0.312 e. The highest BCUT2D eigenvalue weighted by molar-refractivity contribution is 7.89. The van der Waals surface area contributed by atoms with E-state index in [1.54, 1.807) is 0 Å². The summed E-state index contributed by atoms with van der Waals surface area (Å²) < 4.78 is 25.6. The van der Waals surface area contributed by atoms with Gasteiger partial charge in [-0.2, -0.15) is 0 Å². The number of phenolic OH excluding ortho intramolecular Hbond substituents is 1. The summed E-state index contributed by atoms with van der Waals surface area (Å²) in [6.45, 7) is 1.03. The molecule has 0 aliphatic heterocycles. The Bertz CT molecular complexity index is 556. The maximum atomic E-state index is 11.8. The normalized spacial score (nSPS) is 13.2. The van der Waals surface area contributed by atoms with Crippen molar-refractivity contribution in [1.82, 2.24) is 4.72 Å². The van der Waals surface area contributed by atoms with Gasteiger partial charge in [0.2, 0.25) is 10.0 Å². The molecule has 1 aromatic rings. The summed E-state index contributed by atoms with van der Waals surface area (Å²) >= 11 is 0. The predicted molar refractivity (Wildman–Crippen MR) is 61.6 cm³/mol. The lowest BCUT2D eigenvalue weighted by Crippen LogP contribution is -2.34. The Morgan fingerprint density at radius 2 is 2.11 bits per heavy atom. The lowest BCUT2D eigenvalue weighted by Gasteiger charge is -2.11. The number of nitrogens with zero attached hydrogens (tertiary/aromatic N) is 1. The summed E-state index contributed by atoms with van der Waals surface area (Å²) in [6.07, 6.45) is 0. The van der Waals surface area contributed by atoms with Crippen LogP contribution in [0.1, 0.15) is 6.92 Å². The second-order valence-electron chi connectivity index (χ2n) is 3.61. The van der Waals surface area contributed by atoms with Crippen LogP contribution >= 0.6 is 0 Å². The number of sulfonamides is 1. The summed E-state index contributed by atoms with van der Waals surface area (Å²) in [5.41, 5.74) is -0.700. The van der Waals surface area contributed by atoms with Crippen molar-refractivity contribution in [2.75, 3.05) is 6.61 Å². The molecule has 3 N–H and O–H groups in total. The van der Waals surface area contributed by atoms with Crippen molar-refractivity contribution in [3.63, 3.8) is 0 Å². The quantitative estimate of drug-likeness (QED) is 0.511. The van der Waals surface area contributed by atoms with E-state index in [9.17, 15) is 23.6 Å². The number of phenols is 1. The average molecular weight is 276 g/mol. The Morgan fingerprint density at radius 3 is 2.61 bits per heavy atom. The van der Waals surface area contributed by atoms with Gasteiger partial charge in [-0.15, -0.1) is 0 Å². The van der Waals surface area contributed by atoms with Crippen molar-refractivity contribution in [3.05, 3.63) is 28.3 Å². The minimum absolute atomic E-state index is 0.354. The smallest absolute Gasteiger partial charge is 0.312 e. The van der Waals surface area contributed by atoms with Crippen LogP contribution in [0, 0.1) is 10.1 Å². The number of benzene rings is 1. The molecule has 0 aliphatic rings. The minimum atomic E-state index is -3.97. The topological polar surface area (TPSA) is 130 Å². The number of nitro benzene ring substituents is 1. The third kappa shape index (κ3) is 3.15. The fourth-order valence-electron chi connectivity index (χ4n) is 1.19. The van der Waals surface area contributed by atoms with E-state index < -0.39 is 39.0 Å². The van der Waals surface area contributed by atoms with E-state index in [4.69, 9.17) is 5.11 Å². The molecule has 1 aromatic carbocycles. The summed E-state index contributed by atoms with van der Waals surface area (Å²) in [7, 11) is -3.97. The monoisotopic (exact) mass is 276 g/mol. The first-order valence-electron chi connectivity index (χ1n) is 4.88. The van der Waals surface area contributed by atoms with Crippen LogP contribution in [0.15, 0.2) is 23.1 Å². The van der Waals surface area contributed by atoms with Gasteiger partial charge in [0.25, 0.3) is 0 Å². The van der Waals surface area contributed by atoms with Crippen LogP contribution in [0.4, 0.5) is 5.69 Å². The highest BCUT2D eigenvalue weighted by Gasteiger charge is 2.22. The van der Waals surface area contributed by atoms with Crippen LogP contribution < -0.4 is 4.72 Å². The first-order valence-corrected chi connectivity index (χ1v) is 6.37. The molecule has 18 heavy (non-hydrogen) atoms. The van der Waals surface area contributed by atoms with Crippen molar-refractivity contribution in [2.45, 2.75) is 17.9 Å².